The molecular formula is C42H54Cl2O10. The molecule has 12 heteroatoms. The lowest BCUT2D eigenvalue weighted by molar-refractivity contribution is -0.155. The molecule has 296 valence electrons. The van der Waals surface area contributed by atoms with Crippen molar-refractivity contribution in [3.63, 3.8) is 0 Å². The molecule has 2 bridgehead atoms. The van der Waals surface area contributed by atoms with Gasteiger partial charge in [0, 0.05) is 31.2 Å². The van der Waals surface area contributed by atoms with Crippen molar-refractivity contribution in [2.24, 2.45) is 10.8 Å². The Morgan fingerprint density at radius 3 is 1.43 bits per heavy atom. The quantitative estimate of drug-likeness (QED) is 0.0522. The summed E-state index contributed by atoms with van der Waals surface area (Å²) in [4.78, 5) is 45.6. The third kappa shape index (κ3) is 15.4. The summed E-state index contributed by atoms with van der Waals surface area (Å²) in [5.41, 5.74) is 0.0806. The summed E-state index contributed by atoms with van der Waals surface area (Å²) < 4.78 is 31.8. The van der Waals surface area contributed by atoms with Crippen LogP contribution in [-0.2, 0) is 28.7 Å². The van der Waals surface area contributed by atoms with E-state index in [4.69, 9.17) is 51.6 Å². The number of hydrogen-bond donors (Lipinski definition) is 0. The van der Waals surface area contributed by atoms with Crippen molar-refractivity contribution in [3.05, 3.63) is 71.8 Å². The molecule has 10 nitrogen and oxygen atoms in total. The molecule has 3 saturated carbocycles. The number of carbonyl (C=O) groups excluding carboxylic acids is 4. The second kappa shape index (κ2) is 23.0. The number of benzene rings is 2. The van der Waals surface area contributed by atoms with Gasteiger partial charge in [0.05, 0.1) is 41.9 Å². The molecule has 0 aromatic heterocycles. The highest BCUT2D eigenvalue weighted by molar-refractivity contribution is 6.32. The van der Waals surface area contributed by atoms with Crippen molar-refractivity contribution in [3.8, 4) is 23.0 Å². The topological polar surface area (TPSA) is 124 Å². The zero-order valence-electron chi connectivity index (χ0n) is 31.6. The minimum atomic E-state index is -0.417. The summed E-state index contributed by atoms with van der Waals surface area (Å²) in [6.45, 7) is 12.3. The highest BCUT2D eigenvalue weighted by Crippen LogP contribution is 2.57. The van der Waals surface area contributed by atoms with Crippen molar-refractivity contribution < 1.29 is 47.6 Å². The Hall–Kier alpha value is -4.02. The molecule has 3 aliphatic rings. The number of esters is 4. The SMILES string of the molecule is C=CC(=O)OCCCCCCOc1ccc(OC(=O)C23CCC(C)(CC2)CC3)c(Cl)c1.C=CC(=O)OCCCCCCOc1ccc(OC(C)=O)c(Cl)c1. The molecule has 0 N–H and O–H groups in total. The predicted octanol–water partition coefficient (Wildman–Crippen LogP) is 10.2. The Kier molecular flexibility index (Phi) is 18.9. The fourth-order valence-electron chi connectivity index (χ4n) is 6.31. The van der Waals surface area contributed by atoms with Crippen LogP contribution in [0.15, 0.2) is 61.7 Å². The van der Waals surface area contributed by atoms with Crippen LogP contribution in [0.1, 0.15) is 104 Å². The largest absolute Gasteiger partial charge is 0.494 e. The number of fused-ring (bicyclic) bond motifs is 3. The summed E-state index contributed by atoms with van der Waals surface area (Å²) in [5.74, 6) is 0.696. The molecule has 0 aliphatic heterocycles. The summed E-state index contributed by atoms with van der Waals surface area (Å²) in [6.07, 6.45) is 15.7. The maximum absolute atomic E-state index is 12.9. The number of ether oxygens (including phenoxy) is 6. The van der Waals surface area contributed by atoms with Gasteiger partial charge in [-0.3, -0.25) is 9.59 Å². The Morgan fingerprint density at radius 1 is 0.630 bits per heavy atom. The average molecular weight is 790 g/mol. The Morgan fingerprint density at radius 2 is 1.04 bits per heavy atom. The van der Waals surface area contributed by atoms with Gasteiger partial charge in [0.1, 0.15) is 23.0 Å². The first-order valence-electron chi connectivity index (χ1n) is 18.7. The zero-order valence-corrected chi connectivity index (χ0v) is 33.1. The monoisotopic (exact) mass is 788 g/mol. The van der Waals surface area contributed by atoms with Crippen LogP contribution < -0.4 is 18.9 Å². The Labute approximate surface area is 329 Å². The normalized spacial score (nSPS) is 18.3. The second-order valence-electron chi connectivity index (χ2n) is 14.0. The zero-order chi connectivity index (χ0) is 39.4. The average Bonchev–Trinajstić information content (AvgIpc) is 3.16. The van der Waals surface area contributed by atoms with Gasteiger partial charge in [-0.05, 0) is 120 Å². The lowest BCUT2D eigenvalue weighted by atomic mass is 9.54. The van der Waals surface area contributed by atoms with Crippen LogP contribution in [0.5, 0.6) is 23.0 Å². The molecule has 3 aliphatic carbocycles. The number of carbonyl (C=O) groups is 4. The van der Waals surface area contributed by atoms with Crippen molar-refractivity contribution in [1.82, 2.24) is 0 Å². The van der Waals surface area contributed by atoms with Gasteiger partial charge in [-0.25, -0.2) is 9.59 Å². The number of hydrogen-bond acceptors (Lipinski definition) is 10. The van der Waals surface area contributed by atoms with Crippen molar-refractivity contribution in [1.29, 1.82) is 0 Å². The summed E-state index contributed by atoms with van der Waals surface area (Å²) >= 11 is 12.4. The first-order valence-corrected chi connectivity index (χ1v) is 19.5. The minimum absolute atomic E-state index is 0.136. The molecule has 0 saturated heterocycles. The molecule has 5 rings (SSSR count). The molecule has 3 fully saturated rings. The van der Waals surface area contributed by atoms with Gasteiger partial charge in [-0.2, -0.15) is 0 Å². The summed E-state index contributed by atoms with van der Waals surface area (Å²) in [5, 5.41) is 0.726. The Bertz CT molecular complexity index is 1550. The van der Waals surface area contributed by atoms with Crippen molar-refractivity contribution in [2.45, 2.75) is 104 Å². The number of rotatable bonds is 21. The molecule has 2 aromatic carbocycles. The van der Waals surface area contributed by atoms with E-state index in [0.717, 1.165) is 96.0 Å². The first kappa shape index (κ1) is 44.4. The number of unbranched alkanes of at least 4 members (excludes halogenated alkanes) is 6. The summed E-state index contributed by atoms with van der Waals surface area (Å²) in [6, 6.07) is 10.1. The van der Waals surface area contributed by atoms with Crippen LogP contribution in [0.3, 0.4) is 0 Å². The van der Waals surface area contributed by atoms with Gasteiger partial charge >= 0.3 is 23.9 Å². The maximum Gasteiger partial charge on any atom is 0.330 e. The molecule has 2 aromatic rings. The van der Waals surface area contributed by atoms with Crippen molar-refractivity contribution in [2.75, 3.05) is 26.4 Å². The number of halogens is 2. The van der Waals surface area contributed by atoms with Gasteiger partial charge in [0.15, 0.2) is 0 Å². The van der Waals surface area contributed by atoms with E-state index in [0.29, 0.717) is 64.9 Å². The predicted molar refractivity (Wildman–Crippen MR) is 208 cm³/mol. The van der Waals surface area contributed by atoms with E-state index in [1.807, 2.05) is 0 Å². The Balaban J connectivity index is 0.000000305. The highest BCUT2D eigenvalue weighted by Gasteiger charge is 2.51. The molecule has 0 amide bonds. The summed E-state index contributed by atoms with van der Waals surface area (Å²) in [7, 11) is 0. The molecule has 0 spiro atoms. The third-order valence-electron chi connectivity index (χ3n) is 9.75. The smallest absolute Gasteiger partial charge is 0.330 e. The molecular weight excluding hydrogens is 735 g/mol. The van der Waals surface area contributed by atoms with Crippen LogP contribution in [0.25, 0.3) is 0 Å². The fourth-order valence-corrected chi connectivity index (χ4v) is 6.73. The van der Waals surface area contributed by atoms with E-state index in [2.05, 4.69) is 20.1 Å². The maximum atomic E-state index is 12.9. The molecule has 0 unspecified atom stereocenters. The third-order valence-corrected chi connectivity index (χ3v) is 10.3. The van der Waals surface area contributed by atoms with Gasteiger partial charge < -0.3 is 28.4 Å². The van der Waals surface area contributed by atoms with Gasteiger partial charge in [-0.15, -0.1) is 0 Å². The molecule has 0 heterocycles. The van der Waals surface area contributed by atoms with Crippen LogP contribution in [0, 0.1) is 10.8 Å². The standard InChI is InChI=1S/C25H33ClO5.C17H21ClO5/c1-3-22(27)30-17-7-5-4-6-16-29-19-8-9-21(20(26)18-19)31-23(28)25-13-10-24(2,11-14-25)12-15-25;1-3-17(20)22-11-7-5-4-6-10-21-14-8-9-16(15(18)12-14)23-13(2)19/h3,8-9,18H,1,4-7,10-17H2,2H3;3,8-9,12H,1,4-7,10-11H2,2H3. The van der Waals surface area contributed by atoms with Crippen LogP contribution >= 0.6 is 23.2 Å². The van der Waals surface area contributed by atoms with Gasteiger partial charge in [0.25, 0.3) is 0 Å². The minimum Gasteiger partial charge on any atom is -0.494 e. The van der Waals surface area contributed by atoms with E-state index in [9.17, 15) is 19.2 Å². The van der Waals surface area contributed by atoms with Gasteiger partial charge in [0.2, 0.25) is 0 Å². The van der Waals surface area contributed by atoms with E-state index in [-0.39, 0.29) is 23.3 Å². The van der Waals surface area contributed by atoms with E-state index in [1.54, 1.807) is 36.4 Å². The van der Waals surface area contributed by atoms with E-state index < -0.39 is 5.97 Å². The van der Waals surface area contributed by atoms with E-state index in [1.165, 1.54) is 13.0 Å². The van der Waals surface area contributed by atoms with E-state index >= 15 is 0 Å². The molecule has 0 atom stereocenters. The van der Waals surface area contributed by atoms with Crippen LogP contribution in [0.2, 0.25) is 10.0 Å². The fraction of sp³-hybridized carbons (Fsp3) is 0.524. The van der Waals surface area contributed by atoms with Gasteiger partial charge in [-0.1, -0.05) is 43.3 Å². The molecule has 0 radical (unpaired) electrons. The van der Waals surface area contributed by atoms with Crippen LogP contribution in [0.4, 0.5) is 0 Å². The van der Waals surface area contributed by atoms with Crippen LogP contribution in [-0.4, -0.2) is 50.3 Å². The second-order valence-corrected chi connectivity index (χ2v) is 14.8. The first-order chi connectivity index (χ1) is 25.9. The lowest BCUT2D eigenvalue weighted by Crippen LogP contribution is -2.46. The molecule has 54 heavy (non-hydrogen) atoms. The lowest BCUT2D eigenvalue weighted by Gasteiger charge is -2.50. The van der Waals surface area contributed by atoms with Crippen molar-refractivity contribution >= 4 is 47.1 Å². The highest BCUT2D eigenvalue weighted by atomic mass is 35.5.